The van der Waals surface area contributed by atoms with Crippen LogP contribution in [-0.4, -0.2) is 35.1 Å². The van der Waals surface area contributed by atoms with Gasteiger partial charge in [0.15, 0.2) is 0 Å². The van der Waals surface area contributed by atoms with Crippen LogP contribution in [0.1, 0.15) is 30.0 Å². The van der Waals surface area contributed by atoms with Crippen molar-refractivity contribution in [3.05, 3.63) is 72.1 Å². The van der Waals surface area contributed by atoms with Gasteiger partial charge >= 0.3 is 0 Å². The van der Waals surface area contributed by atoms with Crippen molar-refractivity contribution in [1.29, 1.82) is 0 Å². The SMILES string of the molecule is COc1ccc(-c2ncc(CN3CCC(c4ccccc4)CC3)[nH]2)cc1.Cl.Cl. The molecule has 6 heteroatoms. The Hall–Kier alpha value is -2.01. The summed E-state index contributed by atoms with van der Waals surface area (Å²) in [5.41, 5.74) is 3.74. The van der Waals surface area contributed by atoms with Crippen molar-refractivity contribution in [1.82, 2.24) is 14.9 Å². The van der Waals surface area contributed by atoms with E-state index in [0.717, 1.165) is 36.8 Å². The number of nitrogens with one attached hydrogen (secondary N) is 1. The van der Waals surface area contributed by atoms with Crippen molar-refractivity contribution in [3.63, 3.8) is 0 Å². The molecule has 1 aliphatic rings. The van der Waals surface area contributed by atoms with Gasteiger partial charge < -0.3 is 9.72 Å². The Labute approximate surface area is 179 Å². The molecule has 150 valence electrons. The molecule has 0 atom stereocenters. The number of imidazole rings is 1. The molecule has 1 fully saturated rings. The third kappa shape index (κ3) is 5.28. The van der Waals surface area contributed by atoms with Gasteiger partial charge in [0.1, 0.15) is 11.6 Å². The molecule has 0 spiro atoms. The molecular formula is C22H27Cl2N3O. The fourth-order valence-corrected chi connectivity index (χ4v) is 3.73. The molecule has 0 saturated carbocycles. The largest absolute Gasteiger partial charge is 0.497 e. The Bertz CT molecular complexity index is 829. The van der Waals surface area contributed by atoms with E-state index in [1.54, 1.807) is 7.11 Å². The zero-order valence-electron chi connectivity index (χ0n) is 16.0. The fraction of sp³-hybridized carbons (Fsp3) is 0.318. The number of ether oxygens (including phenoxy) is 1. The number of hydrogen-bond acceptors (Lipinski definition) is 3. The van der Waals surface area contributed by atoms with E-state index in [9.17, 15) is 0 Å². The van der Waals surface area contributed by atoms with E-state index in [-0.39, 0.29) is 24.8 Å². The molecule has 0 amide bonds. The molecule has 0 radical (unpaired) electrons. The lowest BCUT2D eigenvalue weighted by Crippen LogP contribution is -2.32. The lowest BCUT2D eigenvalue weighted by molar-refractivity contribution is 0.203. The van der Waals surface area contributed by atoms with E-state index >= 15 is 0 Å². The maximum absolute atomic E-state index is 5.21. The zero-order valence-corrected chi connectivity index (χ0v) is 17.6. The van der Waals surface area contributed by atoms with Gasteiger partial charge in [0.05, 0.1) is 7.11 Å². The fourth-order valence-electron chi connectivity index (χ4n) is 3.73. The summed E-state index contributed by atoms with van der Waals surface area (Å²) in [6.45, 7) is 3.21. The summed E-state index contributed by atoms with van der Waals surface area (Å²) in [6.07, 6.45) is 4.41. The number of likely N-dealkylation sites (tertiary alicyclic amines) is 1. The van der Waals surface area contributed by atoms with Crippen molar-refractivity contribution in [2.75, 3.05) is 20.2 Å². The summed E-state index contributed by atoms with van der Waals surface area (Å²) in [7, 11) is 1.68. The first-order valence-electron chi connectivity index (χ1n) is 9.27. The van der Waals surface area contributed by atoms with Crippen LogP contribution in [0.5, 0.6) is 5.75 Å². The molecule has 1 N–H and O–H groups in total. The van der Waals surface area contributed by atoms with Gasteiger partial charge in [0.2, 0.25) is 0 Å². The van der Waals surface area contributed by atoms with E-state index in [0.29, 0.717) is 5.92 Å². The van der Waals surface area contributed by atoms with Crippen molar-refractivity contribution in [2.45, 2.75) is 25.3 Å². The second kappa shape index (κ2) is 10.5. The Morgan fingerprint density at radius 2 is 1.68 bits per heavy atom. The monoisotopic (exact) mass is 419 g/mol. The number of nitrogens with zero attached hydrogens (tertiary/aromatic N) is 2. The molecule has 1 aliphatic heterocycles. The topological polar surface area (TPSA) is 41.1 Å². The van der Waals surface area contributed by atoms with Gasteiger partial charge in [-0.15, -0.1) is 24.8 Å². The van der Waals surface area contributed by atoms with Gasteiger partial charge in [0.25, 0.3) is 0 Å². The smallest absolute Gasteiger partial charge is 0.137 e. The molecule has 4 nitrogen and oxygen atoms in total. The van der Waals surface area contributed by atoms with Crippen LogP contribution in [0.3, 0.4) is 0 Å². The predicted octanol–water partition coefficient (Wildman–Crippen LogP) is 5.31. The molecule has 3 aromatic rings. The number of methoxy groups -OCH3 is 1. The Morgan fingerprint density at radius 1 is 1.00 bits per heavy atom. The van der Waals surface area contributed by atoms with E-state index in [4.69, 9.17) is 4.74 Å². The van der Waals surface area contributed by atoms with E-state index in [2.05, 4.69) is 45.2 Å². The molecule has 2 aromatic carbocycles. The summed E-state index contributed by atoms with van der Waals surface area (Å²) in [5, 5.41) is 0. The Balaban J connectivity index is 0.00000140. The lowest BCUT2D eigenvalue weighted by Gasteiger charge is -2.31. The van der Waals surface area contributed by atoms with Crippen molar-refractivity contribution in [2.24, 2.45) is 0 Å². The normalized spacial score (nSPS) is 14.8. The van der Waals surface area contributed by atoms with Gasteiger partial charge in [-0.3, -0.25) is 4.90 Å². The van der Waals surface area contributed by atoms with Crippen LogP contribution in [0.25, 0.3) is 11.4 Å². The molecule has 1 saturated heterocycles. The highest BCUT2D eigenvalue weighted by Gasteiger charge is 2.20. The van der Waals surface area contributed by atoms with Crippen LogP contribution in [0.4, 0.5) is 0 Å². The summed E-state index contributed by atoms with van der Waals surface area (Å²) in [4.78, 5) is 10.5. The second-order valence-corrected chi connectivity index (χ2v) is 6.95. The van der Waals surface area contributed by atoms with E-state index < -0.39 is 0 Å². The number of halogens is 2. The first-order chi connectivity index (χ1) is 12.8. The summed E-state index contributed by atoms with van der Waals surface area (Å²) in [6, 6.07) is 18.9. The number of piperidine rings is 1. The predicted molar refractivity (Wildman–Crippen MR) is 119 cm³/mol. The molecule has 4 rings (SSSR count). The second-order valence-electron chi connectivity index (χ2n) is 6.95. The number of hydrogen-bond donors (Lipinski definition) is 1. The Morgan fingerprint density at radius 3 is 2.32 bits per heavy atom. The third-order valence-corrected chi connectivity index (χ3v) is 5.24. The van der Waals surface area contributed by atoms with E-state index in [1.807, 2.05) is 30.5 Å². The van der Waals surface area contributed by atoms with Crippen LogP contribution in [-0.2, 0) is 6.54 Å². The lowest BCUT2D eigenvalue weighted by atomic mass is 9.89. The van der Waals surface area contributed by atoms with Crippen molar-refractivity contribution >= 4 is 24.8 Å². The highest BCUT2D eigenvalue weighted by atomic mass is 35.5. The van der Waals surface area contributed by atoms with Gasteiger partial charge in [-0.2, -0.15) is 0 Å². The average Bonchev–Trinajstić information content (AvgIpc) is 3.18. The van der Waals surface area contributed by atoms with Gasteiger partial charge in [-0.05, 0) is 61.7 Å². The maximum Gasteiger partial charge on any atom is 0.137 e. The minimum atomic E-state index is 0. The first-order valence-corrected chi connectivity index (χ1v) is 9.27. The highest BCUT2D eigenvalue weighted by molar-refractivity contribution is 5.85. The molecule has 0 bridgehead atoms. The standard InChI is InChI=1S/C22H25N3O.2ClH/c1-26-21-9-7-19(8-10-21)22-23-15-20(24-22)16-25-13-11-18(12-14-25)17-5-3-2-4-6-17;;/h2-10,15,18H,11-14,16H2,1H3,(H,23,24);2*1H. The summed E-state index contributed by atoms with van der Waals surface area (Å²) >= 11 is 0. The number of rotatable bonds is 5. The number of H-pyrrole nitrogens is 1. The van der Waals surface area contributed by atoms with Crippen molar-refractivity contribution in [3.8, 4) is 17.1 Å². The first kappa shape index (κ1) is 22.3. The van der Waals surface area contributed by atoms with Crippen LogP contribution in [0.2, 0.25) is 0 Å². The molecule has 0 unspecified atom stereocenters. The number of benzene rings is 2. The molecule has 1 aromatic heterocycles. The highest BCUT2D eigenvalue weighted by Crippen LogP contribution is 2.28. The average molecular weight is 420 g/mol. The van der Waals surface area contributed by atoms with Gasteiger partial charge in [-0.1, -0.05) is 30.3 Å². The van der Waals surface area contributed by atoms with Gasteiger partial charge in [-0.25, -0.2) is 4.98 Å². The quantitative estimate of drug-likeness (QED) is 0.608. The molecular weight excluding hydrogens is 393 g/mol. The molecule has 2 heterocycles. The Kier molecular flexibility index (Phi) is 8.36. The van der Waals surface area contributed by atoms with Crippen molar-refractivity contribution < 1.29 is 4.74 Å². The van der Waals surface area contributed by atoms with Crippen LogP contribution >= 0.6 is 24.8 Å². The van der Waals surface area contributed by atoms with Crippen LogP contribution in [0, 0.1) is 0 Å². The minimum Gasteiger partial charge on any atom is -0.497 e. The molecule has 28 heavy (non-hydrogen) atoms. The maximum atomic E-state index is 5.21. The molecule has 0 aliphatic carbocycles. The van der Waals surface area contributed by atoms with E-state index in [1.165, 1.54) is 24.1 Å². The van der Waals surface area contributed by atoms with Crippen LogP contribution in [0.15, 0.2) is 60.8 Å². The van der Waals surface area contributed by atoms with Crippen LogP contribution < -0.4 is 4.74 Å². The third-order valence-electron chi connectivity index (χ3n) is 5.24. The summed E-state index contributed by atoms with van der Waals surface area (Å²) in [5.74, 6) is 2.48. The minimum absolute atomic E-state index is 0. The zero-order chi connectivity index (χ0) is 17.8. The van der Waals surface area contributed by atoms with Gasteiger partial charge in [0, 0.05) is 24.0 Å². The number of aromatic amines is 1. The summed E-state index contributed by atoms with van der Waals surface area (Å²) < 4.78 is 5.21. The number of aromatic nitrogens is 2.